The number of amides is 1. The monoisotopic (exact) mass is 369 g/mol. The Kier molecular flexibility index (Phi) is 4.63. The molecule has 3 aromatic rings. The molecule has 0 saturated carbocycles. The molecule has 116 valence electrons. The number of fused-ring (bicyclic) bond motifs is 1. The topological polar surface area (TPSA) is 38.3 Å². The van der Waals surface area contributed by atoms with Crippen LogP contribution in [0.3, 0.4) is 0 Å². The van der Waals surface area contributed by atoms with E-state index in [1.54, 1.807) is 6.92 Å². The summed E-state index contributed by atoms with van der Waals surface area (Å²) in [7, 11) is 0. The van der Waals surface area contributed by atoms with Gasteiger partial charge < -0.3 is 10.1 Å². The van der Waals surface area contributed by atoms with Crippen LogP contribution in [0, 0.1) is 0 Å². The van der Waals surface area contributed by atoms with E-state index in [1.165, 1.54) is 0 Å². The minimum absolute atomic E-state index is 0.184. The number of anilines is 1. The molecule has 3 aromatic carbocycles. The van der Waals surface area contributed by atoms with Gasteiger partial charge in [0, 0.05) is 15.5 Å². The lowest BCUT2D eigenvalue weighted by molar-refractivity contribution is -0.122. The Morgan fingerprint density at radius 1 is 1.04 bits per heavy atom. The van der Waals surface area contributed by atoms with Crippen LogP contribution < -0.4 is 10.1 Å². The van der Waals surface area contributed by atoms with Gasteiger partial charge in [-0.1, -0.05) is 58.4 Å². The first kappa shape index (κ1) is 15.6. The third-order valence-electron chi connectivity index (χ3n) is 3.51. The summed E-state index contributed by atoms with van der Waals surface area (Å²) in [6.07, 6.45) is -0.597. The first-order valence-electron chi connectivity index (χ1n) is 7.34. The normalized spacial score (nSPS) is 11.9. The molecule has 4 heteroatoms. The zero-order valence-electron chi connectivity index (χ0n) is 12.6. The molecule has 0 fully saturated rings. The molecule has 1 amide bonds. The first-order valence-corrected chi connectivity index (χ1v) is 8.13. The number of ether oxygens (including phenoxy) is 1. The van der Waals surface area contributed by atoms with Gasteiger partial charge in [-0.05, 0) is 36.6 Å². The zero-order valence-corrected chi connectivity index (χ0v) is 14.2. The average molecular weight is 370 g/mol. The molecule has 0 radical (unpaired) electrons. The lowest BCUT2D eigenvalue weighted by atomic mass is 10.1. The van der Waals surface area contributed by atoms with Crippen LogP contribution in [0.15, 0.2) is 71.2 Å². The van der Waals surface area contributed by atoms with E-state index >= 15 is 0 Å². The van der Waals surface area contributed by atoms with Gasteiger partial charge in [0.25, 0.3) is 5.91 Å². The van der Waals surface area contributed by atoms with Gasteiger partial charge in [0.1, 0.15) is 5.75 Å². The van der Waals surface area contributed by atoms with E-state index in [0.29, 0.717) is 5.75 Å². The molecular weight excluding hydrogens is 354 g/mol. The van der Waals surface area contributed by atoms with E-state index in [9.17, 15) is 4.79 Å². The van der Waals surface area contributed by atoms with Crippen molar-refractivity contribution >= 4 is 38.3 Å². The van der Waals surface area contributed by atoms with E-state index in [2.05, 4.69) is 21.2 Å². The van der Waals surface area contributed by atoms with E-state index in [0.717, 1.165) is 20.9 Å². The Morgan fingerprint density at radius 3 is 2.61 bits per heavy atom. The molecular formula is C19H16BrNO2. The van der Waals surface area contributed by atoms with Crippen molar-refractivity contribution in [3.63, 3.8) is 0 Å². The summed E-state index contributed by atoms with van der Waals surface area (Å²) in [5.41, 5.74) is 0.734. The second-order valence-electron chi connectivity index (χ2n) is 5.24. The van der Waals surface area contributed by atoms with Crippen molar-refractivity contribution in [2.75, 3.05) is 5.32 Å². The summed E-state index contributed by atoms with van der Waals surface area (Å²) in [5.74, 6) is 0.524. The van der Waals surface area contributed by atoms with Gasteiger partial charge in [0.15, 0.2) is 6.10 Å². The van der Waals surface area contributed by atoms with Crippen LogP contribution in [0.25, 0.3) is 10.8 Å². The molecule has 0 saturated heterocycles. The van der Waals surface area contributed by atoms with Crippen LogP contribution in [0.1, 0.15) is 6.92 Å². The van der Waals surface area contributed by atoms with Gasteiger partial charge in [-0.2, -0.15) is 0 Å². The molecule has 3 nitrogen and oxygen atoms in total. The van der Waals surface area contributed by atoms with Gasteiger partial charge in [-0.15, -0.1) is 0 Å². The predicted molar refractivity (Wildman–Crippen MR) is 96.8 cm³/mol. The highest BCUT2D eigenvalue weighted by Gasteiger charge is 2.16. The molecule has 0 aliphatic carbocycles. The third-order valence-corrected chi connectivity index (χ3v) is 4.01. The van der Waals surface area contributed by atoms with Crippen molar-refractivity contribution in [3.05, 3.63) is 71.2 Å². The fraction of sp³-hybridized carbons (Fsp3) is 0.105. The van der Waals surface area contributed by atoms with Gasteiger partial charge in [-0.3, -0.25) is 4.79 Å². The molecule has 0 heterocycles. The fourth-order valence-corrected chi connectivity index (χ4v) is 2.75. The summed E-state index contributed by atoms with van der Waals surface area (Å²) in [6, 6.07) is 21.3. The second-order valence-corrected chi connectivity index (χ2v) is 6.15. The molecule has 0 aliphatic heterocycles. The number of hydrogen-bond acceptors (Lipinski definition) is 2. The minimum Gasteiger partial charge on any atom is -0.480 e. The third kappa shape index (κ3) is 3.71. The van der Waals surface area contributed by atoms with Crippen molar-refractivity contribution in [1.29, 1.82) is 0 Å². The van der Waals surface area contributed by atoms with Crippen LogP contribution in [0.4, 0.5) is 5.69 Å². The molecule has 0 aromatic heterocycles. The summed E-state index contributed by atoms with van der Waals surface area (Å²) in [6.45, 7) is 1.75. The molecule has 0 unspecified atom stereocenters. The number of rotatable bonds is 4. The van der Waals surface area contributed by atoms with Crippen molar-refractivity contribution in [3.8, 4) is 5.75 Å². The van der Waals surface area contributed by atoms with Gasteiger partial charge in [0.2, 0.25) is 0 Å². The number of benzene rings is 3. The molecule has 3 rings (SSSR count). The Balaban J connectivity index is 1.75. The molecule has 1 N–H and O–H groups in total. The average Bonchev–Trinajstić information content (AvgIpc) is 2.55. The minimum atomic E-state index is -0.597. The first-order chi connectivity index (χ1) is 11.1. The summed E-state index contributed by atoms with van der Waals surface area (Å²) in [5, 5.41) is 4.94. The summed E-state index contributed by atoms with van der Waals surface area (Å²) in [4.78, 5) is 12.3. The van der Waals surface area contributed by atoms with E-state index in [4.69, 9.17) is 4.74 Å². The maximum absolute atomic E-state index is 12.3. The van der Waals surface area contributed by atoms with Gasteiger partial charge in [-0.25, -0.2) is 0 Å². The van der Waals surface area contributed by atoms with Crippen LogP contribution >= 0.6 is 15.9 Å². The number of carbonyl (C=O) groups is 1. The number of nitrogens with one attached hydrogen (secondary N) is 1. The number of hydrogen-bond donors (Lipinski definition) is 1. The van der Waals surface area contributed by atoms with Crippen molar-refractivity contribution in [2.45, 2.75) is 13.0 Å². The van der Waals surface area contributed by atoms with Crippen LogP contribution in [0.5, 0.6) is 5.75 Å². The second kappa shape index (κ2) is 6.84. The SMILES string of the molecule is C[C@@H](Oc1cccc2ccccc12)C(=O)Nc1cccc(Br)c1. The summed E-state index contributed by atoms with van der Waals surface area (Å²) >= 11 is 3.39. The van der Waals surface area contributed by atoms with Crippen molar-refractivity contribution in [2.24, 2.45) is 0 Å². The quantitative estimate of drug-likeness (QED) is 0.701. The fourth-order valence-electron chi connectivity index (χ4n) is 2.35. The van der Waals surface area contributed by atoms with E-state index in [1.807, 2.05) is 66.7 Å². The lowest BCUT2D eigenvalue weighted by Gasteiger charge is -2.16. The molecule has 23 heavy (non-hydrogen) atoms. The summed E-state index contributed by atoms with van der Waals surface area (Å²) < 4.78 is 6.78. The highest BCUT2D eigenvalue weighted by molar-refractivity contribution is 9.10. The van der Waals surface area contributed by atoms with Gasteiger partial charge in [0.05, 0.1) is 0 Å². The van der Waals surface area contributed by atoms with Crippen LogP contribution in [0.2, 0.25) is 0 Å². The Labute approximate surface area is 143 Å². The highest BCUT2D eigenvalue weighted by Crippen LogP contribution is 2.26. The molecule has 0 bridgehead atoms. The standard InChI is InChI=1S/C19H16BrNO2/c1-13(19(22)21-16-9-5-8-15(20)12-16)23-18-11-4-7-14-6-2-3-10-17(14)18/h2-13H,1H3,(H,21,22)/t13-/m1/s1. The Bertz CT molecular complexity index is 842. The molecule has 0 spiro atoms. The Hall–Kier alpha value is -2.33. The maximum Gasteiger partial charge on any atom is 0.265 e. The van der Waals surface area contributed by atoms with Crippen molar-refractivity contribution in [1.82, 2.24) is 0 Å². The van der Waals surface area contributed by atoms with Crippen LogP contribution in [-0.4, -0.2) is 12.0 Å². The van der Waals surface area contributed by atoms with Gasteiger partial charge >= 0.3 is 0 Å². The highest BCUT2D eigenvalue weighted by atomic mass is 79.9. The lowest BCUT2D eigenvalue weighted by Crippen LogP contribution is -2.30. The smallest absolute Gasteiger partial charge is 0.265 e. The molecule has 1 atom stereocenters. The van der Waals surface area contributed by atoms with E-state index < -0.39 is 6.10 Å². The number of halogens is 1. The van der Waals surface area contributed by atoms with E-state index in [-0.39, 0.29) is 5.91 Å². The Morgan fingerprint density at radius 2 is 1.78 bits per heavy atom. The zero-order chi connectivity index (χ0) is 16.2. The predicted octanol–water partition coefficient (Wildman–Crippen LogP) is 5.01. The number of carbonyl (C=O) groups excluding carboxylic acids is 1. The van der Waals surface area contributed by atoms with Crippen molar-refractivity contribution < 1.29 is 9.53 Å². The molecule has 0 aliphatic rings. The largest absolute Gasteiger partial charge is 0.480 e. The van der Waals surface area contributed by atoms with Crippen LogP contribution in [-0.2, 0) is 4.79 Å². The maximum atomic E-state index is 12.3.